The van der Waals surface area contributed by atoms with Gasteiger partial charge in [-0.2, -0.15) is 0 Å². The van der Waals surface area contributed by atoms with Crippen LogP contribution in [0.5, 0.6) is 0 Å². The number of nitrogens with zero attached hydrogens (tertiary/aromatic N) is 2. The largest absolute Gasteiger partial charge is 0.466 e. The van der Waals surface area contributed by atoms with Gasteiger partial charge in [-0.05, 0) is 31.9 Å². The number of H-pyrrole nitrogens is 1. The number of piperidine rings is 1. The van der Waals surface area contributed by atoms with Gasteiger partial charge >= 0.3 is 11.7 Å². The Kier molecular flexibility index (Phi) is 5.20. The van der Waals surface area contributed by atoms with Gasteiger partial charge in [0.15, 0.2) is 0 Å². The zero-order valence-electron chi connectivity index (χ0n) is 14.6. The van der Waals surface area contributed by atoms with E-state index in [1.54, 1.807) is 36.1 Å². The number of hydrogen-bond donors (Lipinski definition) is 1. The number of carbonyl (C=O) groups is 2. The molecule has 0 atom stereocenters. The highest BCUT2D eigenvalue weighted by Crippen LogP contribution is 2.19. The van der Waals surface area contributed by atoms with Crippen molar-refractivity contribution < 1.29 is 14.3 Å². The molecule has 1 aliphatic heterocycles. The number of ether oxygens (including phenoxy) is 1. The standard InChI is InChI=1S/C18H21N3O5/c1-2-26-17(24)12-7-9-20(10-8-12)15(22)11-21-14-6-4-3-5-13(14)16(23)19-18(21)25/h3-6,12H,2,7-11H2,1H3,(H,19,23,25). The summed E-state index contributed by atoms with van der Waals surface area (Å²) in [7, 11) is 0. The van der Waals surface area contributed by atoms with Crippen LogP contribution >= 0.6 is 0 Å². The lowest BCUT2D eigenvalue weighted by Gasteiger charge is -2.31. The first kappa shape index (κ1) is 17.9. The van der Waals surface area contributed by atoms with E-state index in [1.807, 2.05) is 0 Å². The van der Waals surface area contributed by atoms with Gasteiger partial charge in [-0.15, -0.1) is 0 Å². The van der Waals surface area contributed by atoms with Crippen LogP contribution in [0.4, 0.5) is 0 Å². The molecule has 0 aliphatic carbocycles. The van der Waals surface area contributed by atoms with Crippen LogP contribution < -0.4 is 11.2 Å². The molecule has 3 rings (SSSR count). The second-order valence-corrected chi connectivity index (χ2v) is 6.27. The molecule has 0 radical (unpaired) electrons. The monoisotopic (exact) mass is 359 g/mol. The molecule has 0 bridgehead atoms. The Morgan fingerprint density at radius 2 is 1.88 bits per heavy atom. The summed E-state index contributed by atoms with van der Waals surface area (Å²) in [6, 6.07) is 6.67. The molecule has 1 amide bonds. The van der Waals surface area contributed by atoms with Crippen molar-refractivity contribution in [3.8, 4) is 0 Å². The van der Waals surface area contributed by atoms with Crippen LogP contribution in [0, 0.1) is 5.92 Å². The van der Waals surface area contributed by atoms with E-state index in [2.05, 4.69) is 4.98 Å². The Morgan fingerprint density at radius 1 is 1.19 bits per heavy atom. The highest BCUT2D eigenvalue weighted by molar-refractivity contribution is 5.82. The zero-order valence-corrected chi connectivity index (χ0v) is 14.6. The maximum atomic E-state index is 12.6. The number of fused-ring (bicyclic) bond motifs is 1. The lowest BCUT2D eigenvalue weighted by atomic mass is 9.97. The average molecular weight is 359 g/mol. The Hall–Kier alpha value is -2.90. The number of nitrogens with one attached hydrogen (secondary N) is 1. The van der Waals surface area contributed by atoms with Gasteiger partial charge in [0.1, 0.15) is 6.54 Å². The fourth-order valence-electron chi connectivity index (χ4n) is 3.26. The number of rotatable bonds is 4. The first-order valence-electron chi connectivity index (χ1n) is 8.67. The third-order valence-corrected chi connectivity index (χ3v) is 4.67. The van der Waals surface area contributed by atoms with Gasteiger partial charge in [-0.3, -0.25) is 23.9 Å². The molecule has 8 heteroatoms. The summed E-state index contributed by atoms with van der Waals surface area (Å²) in [6.07, 6.45) is 1.09. The predicted octanol–water partition coefficient (Wildman–Crippen LogP) is 0.491. The van der Waals surface area contributed by atoms with Crippen LogP contribution in [0.3, 0.4) is 0 Å². The first-order valence-corrected chi connectivity index (χ1v) is 8.67. The molecule has 1 N–H and O–H groups in total. The molecule has 2 aromatic rings. The molecular weight excluding hydrogens is 338 g/mol. The van der Waals surface area contributed by atoms with Gasteiger partial charge in [0, 0.05) is 13.1 Å². The van der Waals surface area contributed by atoms with Gasteiger partial charge in [0.05, 0.1) is 23.4 Å². The Bertz CT molecular complexity index is 938. The van der Waals surface area contributed by atoms with Crippen LogP contribution in [0.15, 0.2) is 33.9 Å². The summed E-state index contributed by atoms with van der Waals surface area (Å²) in [6.45, 7) is 2.85. The molecule has 138 valence electrons. The Balaban J connectivity index is 1.74. The lowest BCUT2D eigenvalue weighted by Crippen LogP contribution is -2.43. The number of hydrogen-bond acceptors (Lipinski definition) is 5. The topological polar surface area (TPSA) is 101 Å². The van der Waals surface area contributed by atoms with Crippen molar-refractivity contribution in [2.24, 2.45) is 5.92 Å². The van der Waals surface area contributed by atoms with E-state index in [1.165, 1.54) is 4.57 Å². The maximum absolute atomic E-state index is 12.6. The van der Waals surface area contributed by atoms with E-state index in [-0.39, 0.29) is 24.3 Å². The van der Waals surface area contributed by atoms with Gasteiger partial charge in [0.25, 0.3) is 5.56 Å². The number of likely N-dealkylation sites (tertiary alicyclic amines) is 1. The van der Waals surface area contributed by atoms with Gasteiger partial charge in [-0.25, -0.2) is 4.79 Å². The van der Waals surface area contributed by atoms with E-state index >= 15 is 0 Å². The predicted molar refractivity (Wildman–Crippen MR) is 94.8 cm³/mol. The second-order valence-electron chi connectivity index (χ2n) is 6.27. The van der Waals surface area contributed by atoms with Crippen molar-refractivity contribution in [1.82, 2.24) is 14.5 Å². The van der Waals surface area contributed by atoms with Crippen LogP contribution in [-0.2, 0) is 20.9 Å². The van der Waals surface area contributed by atoms with Crippen LogP contribution in [-0.4, -0.2) is 46.0 Å². The van der Waals surface area contributed by atoms with E-state index in [0.717, 1.165) is 0 Å². The molecule has 1 aromatic carbocycles. The number of benzene rings is 1. The van der Waals surface area contributed by atoms with Crippen LogP contribution in [0.1, 0.15) is 19.8 Å². The molecule has 0 saturated carbocycles. The van der Waals surface area contributed by atoms with Gasteiger partial charge in [-0.1, -0.05) is 12.1 Å². The summed E-state index contributed by atoms with van der Waals surface area (Å²) in [5.41, 5.74) is -0.649. The number of carbonyl (C=O) groups excluding carboxylic acids is 2. The minimum Gasteiger partial charge on any atom is -0.466 e. The molecule has 1 aromatic heterocycles. The molecule has 0 spiro atoms. The van der Waals surface area contributed by atoms with Crippen molar-refractivity contribution >= 4 is 22.8 Å². The number of aromatic amines is 1. The van der Waals surface area contributed by atoms with Crippen molar-refractivity contribution in [1.29, 1.82) is 0 Å². The molecule has 1 saturated heterocycles. The minimum absolute atomic E-state index is 0.153. The van der Waals surface area contributed by atoms with Crippen molar-refractivity contribution in [3.05, 3.63) is 45.1 Å². The summed E-state index contributed by atoms with van der Waals surface area (Å²) in [5.74, 6) is -0.621. The first-order chi connectivity index (χ1) is 12.5. The SMILES string of the molecule is CCOC(=O)C1CCN(C(=O)Cn2c(=O)[nH]c(=O)c3ccccc32)CC1. The van der Waals surface area contributed by atoms with Crippen LogP contribution in [0.2, 0.25) is 0 Å². The third kappa shape index (κ3) is 3.54. The lowest BCUT2D eigenvalue weighted by molar-refractivity contribution is -0.151. The zero-order chi connectivity index (χ0) is 18.7. The fourth-order valence-corrected chi connectivity index (χ4v) is 3.26. The second kappa shape index (κ2) is 7.55. The van der Waals surface area contributed by atoms with Crippen molar-refractivity contribution in [2.45, 2.75) is 26.3 Å². The molecule has 1 aliphatic rings. The number of para-hydroxylation sites is 1. The van der Waals surface area contributed by atoms with Gasteiger partial charge in [0.2, 0.25) is 5.91 Å². The number of aromatic nitrogens is 2. The normalized spacial score (nSPS) is 15.2. The molecule has 0 unspecified atom stereocenters. The molecule has 26 heavy (non-hydrogen) atoms. The minimum atomic E-state index is -0.608. The van der Waals surface area contributed by atoms with E-state index < -0.39 is 11.2 Å². The summed E-state index contributed by atoms with van der Waals surface area (Å²) < 4.78 is 6.30. The van der Waals surface area contributed by atoms with E-state index in [0.29, 0.717) is 43.4 Å². The molecule has 2 heterocycles. The molecule has 1 fully saturated rings. The Labute approximate surface area is 149 Å². The highest BCUT2D eigenvalue weighted by atomic mass is 16.5. The fraction of sp³-hybridized carbons (Fsp3) is 0.444. The summed E-state index contributed by atoms with van der Waals surface area (Å²) in [5, 5.41) is 0.362. The number of amides is 1. The van der Waals surface area contributed by atoms with Gasteiger partial charge < -0.3 is 9.64 Å². The summed E-state index contributed by atoms with van der Waals surface area (Å²) >= 11 is 0. The molecule has 8 nitrogen and oxygen atoms in total. The van der Waals surface area contributed by atoms with Crippen molar-refractivity contribution in [2.75, 3.05) is 19.7 Å². The smallest absolute Gasteiger partial charge is 0.329 e. The number of esters is 1. The highest BCUT2D eigenvalue weighted by Gasteiger charge is 2.28. The van der Waals surface area contributed by atoms with Crippen molar-refractivity contribution in [3.63, 3.8) is 0 Å². The maximum Gasteiger partial charge on any atom is 0.329 e. The molecular formula is C18H21N3O5. The quantitative estimate of drug-likeness (QED) is 0.801. The third-order valence-electron chi connectivity index (χ3n) is 4.67. The summed E-state index contributed by atoms with van der Waals surface area (Å²) in [4.78, 5) is 52.3. The Morgan fingerprint density at radius 3 is 2.58 bits per heavy atom. The van der Waals surface area contributed by atoms with E-state index in [4.69, 9.17) is 4.74 Å². The van der Waals surface area contributed by atoms with E-state index in [9.17, 15) is 19.2 Å². The average Bonchev–Trinajstić information content (AvgIpc) is 2.65. The van der Waals surface area contributed by atoms with Crippen LogP contribution in [0.25, 0.3) is 10.9 Å².